The van der Waals surface area contributed by atoms with Crippen molar-refractivity contribution in [2.75, 3.05) is 20.3 Å². The summed E-state index contributed by atoms with van der Waals surface area (Å²) in [4.78, 5) is 17.6. The molecule has 1 rings (SSSR count). The van der Waals surface area contributed by atoms with Crippen LogP contribution in [0, 0.1) is 11.8 Å². The largest absolute Gasteiger partial charge is 0.385 e. The fourth-order valence-corrected chi connectivity index (χ4v) is 2.89. The lowest BCUT2D eigenvalue weighted by Crippen LogP contribution is -2.61. The first-order chi connectivity index (χ1) is 7.88. The van der Waals surface area contributed by atoms with E-state index >= 15 is 0 Å². The second-order valence-corrected chi connectivity index (χ2v) is 5.06. The molecule has 98 valence electrons. The monoisotopic (exact) mass is 241 g/mol. The van der Waals surface area contributed by atoms with Crippen LogP contribution < -0.4 is 5.73 Å². The van der Waals surface area contributed by atoms with Gasteiger partial charge in [-0.05, 0) is 11.8 Å². The van der Waals surface area contributed by atoms with Crippen molar-refractivity contribution in [1.29, 1.82) is 0 Å². The van der Waals surface area contributed by atoms with Crippen LogP contribution in [0.4, 0.5) is 4.79 Å². The summed E-state index contributed by atoms with van der Waals surface area (Å²) in [5, 5.41) is 0. The van der Waals surface area contributed by atoms with Gasteiger partial charge in [-0.1, -0.05) is 27.7 Å². The van der Waals surface area contributed by atoms with Crippen molar-refractivity contribution in [3.63, 3.8) is 0 Å². The maximum atomic E-state index is 11.9. The molecule has 1 heterocycles. The summed E-state index contributed by atoms with van der Waals surface area (Å²) in [5.41, 5.74) is 5.54. The number of nitrogens with zero attached hydrogens (tertiary/aromatic N) is 2. The van der Waals surface area contributed by atoms with Crippen LogP contribution in [0.3, 0.4) is 0 Å². The normalized spacial score (nSPS) is 19.4. The van der Waals surface area contributed by atoms with E-state index in [0.717, 1.165) is 0 Å². The molecular weight excluding hydrogens is 218 g/mol. The summed E-state index contributed by atoms with van der Waals surface area (Å²) in [5.74, 6) is 0.868. The number of urea groups is 1. The summed E-state index contributed by atoms with van der Waals surface area (Å²) in [7, 11) is 1.62. The number of rotatable bonds is 5. The molecule has 0 fully saturated rings. The van der Waals surface area contributed by atoms with Gasteiger partial charge in [0.15, 0.2) is 0 Å². The summed E-state index contributed by atoms with van der Waals surface area (Å²) in [6.45, 7) is 9.30. The number of nitrogens with two attached hydrogens (primary N) is 1. The topological polar surface area (TPSA) is 67.9 Å². The molecule has 0 radical (unpaired) electrons. The minimum Gasteiger partial charge on any atom is -0.385 e. The van der Waals surface area contributed by atoms with Crippen molar-refractivity contribution >= 4 is 11.9 Å². The first-order valence-electron chi connectivity index (χ1n) is 6.04. The predicted molar refractivity (Wildman–Crippen MR) is 68.0 cm³/mol. The van der Waals surface area contributed by atoms with E-state index in [-0.39, 0.29) is 17.9 Å². The summed E-state index contributed by atoms with van der Waals surface area (Å²) < 4.78 is 5.05. The van der Waals surface area contributed by atoms with Crippen LogP contribution in [-0.4, -0.2) is 42.6 Å². The molecular formula is C12H23N3O2. The fourth-order valence-electron chi connectivity index (χ4n) is 2.89. The van der Waals surface area contributed by atoms with Gasteiger partial charge in [0.05, 0.1) is 6.61 Å². The molecule has 0 atom stereocenters. The van der Waals surface area contributed by atoms with Crippen LogP contribution in [0.2, 0.25) is 0 Å². The maximum absolute atomic E-state index is 11.9. The molecule has 0 bridgehead atoms. The zero-order valence-corrected chi connectivity index (χ0v) is 11.4. The van der Waals surface area contributed by atoms with Gasteiger partial charge >= 0.3 is 6.03 Å². The number of amides is 2. The SMILES string of the molecule is COCCN1C(=O)N=C(N)C1(C(C)C)C(C)C. The molecule has 0 unspecified atom stereocenters. The van der Waals surface area contributed by atoms with Crippen LogP contribution in [-0.2, 0) is 4.74 Å². The zero-order chi connectivity index (χ0) is 13.2. The minimum atomic E-state index is -0.477. The number of amidine groups is 1. The Kier molecular flexibility index (Phi) is 4.14. The lowest BCUT2D eigenvalue weighted by Gasteiger charge is -2.44. The minimum absolute atomic E-state index is 0.217. The van der Waals surface area contributed by atoms with Crippen molar-refractivity contribution in [1.82, 2.24) is 4.90 Å². The zero-order valence-electron chi connectivity index (χ0n) is 11.4. The number of aliphatic imine (C=N–C) groups is 1. The fraction of sp³-hybridized carbons (Fsp3) is 0.833. The highest BCUT2D eigenvalue weighted by Crippen LogP contribution is 2.37. The van der Waals surface area contributed by atoms with Crippen LogP contribution >= 0.6 is 0 Å². The highest BCUT2D eigenvalue weighted by atomic mass is 16.5. The number of methoxy groups -OCH3 is 1. The van der Waals surface area contributed by atoms with Gasteiger partial charge in [0, 0.05) is 13.7 Å². The van der Waals surface area contributed by atoms with Crippen molar-refractivity contribution in [2.45, 2.75) is 33.2 Å². The third kappa shape index (κ3) is 2.04. The van der Waals surface area contributed by atoms with Crippen molar-refractivity contribution in [3.8, 4) is 0 Å². The highest BCUT2D eigenvalue weighted by molar-refractivity contribution is 6.06. The molecule has 5 nitrogen and oxygen atoms in total. The van der Waals surface area contributed by atoms with Crippen molar-refractivity contribution in [3.05, 3.63) is 0 Å². The van der Waals surface area contributed by atoms with Gasteiger partial charge in [-0.25, -0.2) is 4.79 Å². The predicted octanol–water partition coefficient (Wildman–Crippen LogP) is 1.48. The van der Waals surface area contributed by atoms with Gasteiger partial charge < -0.3 is 15.4 Å². The van der Waals surface area contributed by atoms with Crippen molar-refractivity contribution in [2.24, 2.45) is 22.6 Å². The van der Waals surface area contributed by atoms with Crippen molar-refractivity contribution < 1.29 is 9.53 Å². The Hall–Kier alpha value is -1.10. The number of carbonyl (C=O) groups is 1. The Morgan fingerprint density at radius 3 is 2.29 bits per heavy atom. The van der Waals surface area contributed by atoms with Gasteiger partial charge in [-0.15, -0.1) is 0 Å². The molecule has 1 aliphatic rings. The third-order valence-corrected chi connectivity index (χ3v) is 3.58. The summed E-state index contributed by atoms with van der Waals surface area (Å²) >= 11 is 0. The van der Waals surface area contributed by atoms with Gasteiger partial charge in [0.2, 0.25) is 0 Å². The molecule has 1 aliphatic heterocycles. The lowest BCUT2D eigenvalue weighted by atomic mass is 9.75. The molecule has 2 amide bonds. The average Bonchev–Trinajstić information content (AvgIpc) is 2.47. The molecule has 0 aromatic rings. The summed E-state index contributed by atoms with van der Waals surface area (Å²) in [6, 6.07) is -0.248. The number of carbonyl (C=O) groups excluding carboxylic acids is 1. The van der Waals surface area contributed by atoms with E-state index in [1.807, 2.05) is 0 Å². The van der Waals surface area contributed by atoms with Crippen LogP contribution in [0.15, 0.2) is 4.99 Å². The Labute approximate surface area is 103 Å². The summed E-state index contributed by atoms with van der Waals surface area (Å²) in [6.07, 6.45) is 0. The average molecular weight is 241 g/mol. The first-order valence-corrected chi connectivity index (χ1v) is 6.04. The van der Waals surface area contributed by atoms with Gasteiger partial charge in [0.1, 0.15) is 11.4 Å². The molecule has 0 aromatic heterocycles. The van der Waals surface area contributed by atoms with E-state index in [0.29, 0.717) is 19.0 Å². The first kappa shape index (κ1) is 14.0. The molecule has 5 heteroatoms. The highest BCUT2D eigenvalue weighted by Gasteiger charge is 2.52. The van der Waals surface area contributed by atoms with E-state index in [4.69, 9.17) is 10.5 Å². The second kappa shape index (κ2) is 5.04. The quantitative estimate of drug-likeness (QED) is 0.792. The third-order valence-electron chi connectivity index (χ3n) is 3.58. The smallest absolute Gasteiger partial charge is 0.346 e. The van der Waals surface area contributed by atoms with E-state index in [1.165, 1.54) is 0 Å². The molecule has 0 spiro atoms. The van der Waals surface area contributed by atoms with Crippen LogP contribution in [0.5, 0.6) is 0 Å². The number of ether oxygens (including phenoxy) is 1. The Morgan fingerprint density at radius 1 is 1.35 bits per heavy atom. The molecule has 2 N–H and O–H groups in total. The number of hydrogen-bond acceptors (Lipinski definition) is 3. The number of hydrogen-bond donors (Lipinski definition) is 1. The van der Waals surface area contributed by atoms with Gasteiger partial charge in [0.25, 0.3) is 0 Å². The van der Waals surface area contributed by atoms with Crippen LogP contribution in [0.25, 0.3) is 0 Å². The standard InChI is InChI=1S/C12H23N3O2/c1-8(2)12(9(3)4)10(13)14-11(16)15(12)6-7-17-5/h8-9H,6-7H2,1-5H3,(H2,13,14,16). The Balaban J connectivity index is 3.12. The molecule has 0 aromatic carbocycles. The molecule has 17 heavy (non-hydrogen) atoms. The van der Waals surface area contributed by atoms with E-state index in [1.54, 1.807) is 12.0 Å². The molecule has 0 saturated carbocycles. The second-order valence-electron chi connectivity index (χ2n) is 5.06. The molecule has 0 aliphatic carbocycles. The maximum Gasteiger partial charge on any atom is 0.346 e. The van der Waals surface area contributed by atoms with E-state index in [9.17, 15) is 4.79 Å². The Bertz CT molecular complexity index is 316. The van der Waals surface area contributed by atoms with E-state index in [2.05, 4.69) is 32.7 Å². The Morgan fingerprint density at radius 2 is 1.88 bits per heavy atom. The molecule has 0 saturated heterocycles. The van der Waals surface area contributed by atoms with Crippen LogP contribution in [0.1, 0.15) is 27.7 Å². The van der Waals surface area contributed by atoms with E-state index < -0.39 is 5.54 Å². The lowest BCUT2D eigenvalue weighted by molar-refractivity contribution is 0.0765. The van der Waals surface area contributed by atoms with Gasteiger partial charge in [-0.2, -0.15) is 4.99 Å². The van der Waals surface area contributed by atoms with Gasteiger partial charge in [-0.3, -0.25) is 0 Å².